The van der Waals surface area contributed by atoms with E-state index in [4.69, 9.17) is 9.57 Å². The van der Waals surface area contributed by atoms with Crippen molar-refractivity contribution in [1.82, 2.24) is 5.06 Å². The van der Waals surface area contributed by atoms with Crippen molar-refractivity contribution in [2.75, 3.05) is 6.61 Å². The summed E-state index contributed by atoms with van der Waals surface area (Å²) in [5, 5.41) is 0.466. The minimum absolute atomic E-state index is 0.195. The second-order valence-electron chi connectivity index (χ2n) is 5.40. The van der Waals surface area contributed by atoms with Crippen LogP contribution in [0, 0.1) is 11.8 Å². The van der Waals surface area contributed by atoms with Crippen LogP contribution in [0.2, 0.25) is 0 Å². The van der Waals surface area contributed by atoms with E-state index in [1.807, 2.05) is 0 Å². The molecule has 7 heteroatoms. The summed E-state index contributed by atoms with van der Waals surface area (Å²) in [7, 11) is 0. The first-order valence-corrected chi connectivity index (χ1v) is 7.40. The molecule has 1 aliphatic heterocycles. The van der Waals surface area contributed by atoms with Crippen LogP contribution in [0.3, 0.4) is 0 Å². The van der Waals surface area contributed by atoms with Gasteiger partial charge in [-0.15, -0.1) is 0 Å². The van der Waals surface area contributed by atoms with Crippen molar-refractivity contribution in [3.63, 3.8) is 0 Å². The molecule has 2 amide bonds. The molecule has 0 bridgehead atoms. The summed E-state index contributed by atoms with van der Waals surface area (Å²) in [5.74, 6) is -3.82. The molecule has 0 radical (unpaired) electrons. The number of amides is 2. The summed E-state index contributed by atoms with van der Waals surface area (Å²) in [6.07, 6.45) is 0.992. The molecule has 0 N–H and O–H groups in total. The molecule has 2 atom stereocenters. The van der Waals surface area contributed by atoms with Crippen LogP contribution in [0.5, 0.6) is 0 Å². The smallest absolute Gasteiger partial charge is 0.337 e. The zero-order chi connectivity index (χ0) is 16.6. The minimum atomic E-state index is -0.760. The lowest BCUT2D eigenvalue weighted by molar-refractivity contribution is -0.184. The molecular formula is C16H15NO6. The van der Waals surface area contributed by atoms with Gasteiger partial charge in [-0.2, -0.15) is 0 Å². The monoisotopic (exact) mass is 317 g/mol. The highest BCUT2D eigenvalue weighted by Crippen LogP contribution is 2.37. The van der Waals surface area contributed by atoms with E-state index in [0.29, 0.717) is 17.9 Å². The summed E-state index contributed by atoms with van der Waals surface area (Å²) >= 11 is 0. The number of fused-ring (bicyclic) bond motifs is 1. The summed E-state index contributed by atoms with van der Waals surface area (Å²) < 4.78 is 4.89. The Kier molecular flexibility index (Phi) is 3.85. The molecule has 0 aromatic heterocycles. The second-order valence-corrected chi connectivity index (χ2v) is 5.40. The van der Waals surface area contributed by atoms with Crippen molar-refractivity contribution < 1.29 is 28.8 Å². The summed E-state index contributed by atoms with van der Waals surface area (Å²) in [6.45, 7) is 1.91. The second kappa shape index (κ2) is 5.83. The first kappa shape index (κ1) is 15.2. The van der Waals surface area contributed by atoms with E-state index >= 15 is 0 Å². The van der Waals surface area contributed by atoms with E-state index in [1.165, 1.54) is 12.1 Å². The number of hydrogen-bond donors (Lipinski definition) is 0. The molecule has 0 saturated heterocycles. The number of benzene rings is 1. The van der Waals surface area contributed by atoms with Crippen molar-refractivity contribution in [1.29, 1.82) is 0 Å². The molecule has 0 spiro atoms. The maximum Gasteiger partial charge on any atom is 0.337 e. The highest BCUT2D eigenvalue weighted by Gasteiger charge is 2.46. The first-order chi connectivity index (χ1) is 11.0. The topological polar surface area (TPSA) is 90.0 Å². The lowest BCUT2D eigenvalue weighted by atomic mass is 9.74. The minimum Gasteiger partial charge on any atom is -0.466 e. The molecule has 1 saturated carbocycles. The molecule has 7 nitrogen and oxygen atoms in total. The molecule has 1 aromatic rings. The number of hydrogen-bond acceptors (Lipinski definition) is 6. The normalized spacial score (nSPS) is 22.4. The number of nitrogens with zero attached hydrogens (tertiary/aromatic N) is 1. The maximum atomic E-state index is 12.2. The number of carbonyl (C=O) groups is 4. The van der Waals surface area contributed by atoms with Crippen molar-refractivity contribution in [2.45, 2.75) is 19.8 Å². The number of esters is 1. The van der Waals surface area contributed by atoms with Gasteiger partial charge in [0.25, 0.3) is 11.8 Å². The van der Waals surface area contributed by atoms with Crippen LogP contribution in [-0.2, 0) is 19.2 Å². The zero-order valence-corrected chi connectivity index (χ0v) is 12.5. The number of hydroxylamine groups is 2. The fourth-order valence-corrected chi connectivity index (χ4v) is 2.72. The highest BCUT2D eigenvalue weighted by molar-refractivity contribution is 6.20. The quantitative estimate of drug-likeness (QED) is 0.615. The average Bonchev–Trinajstić information content (AvgIpc) is 2.72. The largest absolute Gasteiger partial charge is 0.466 e. The van der Waals surface area contributed by atoms with Crippen LogP contribution in [-0.4, -0.2) is 35.4 Å². The standard InChI is InChI=1S/C16H15NO6/c1-2-22-15(20)11-7-8-12(11)16(21)23-17-13(18)9-5-3-4-6-10(9)14(17)19/h3-6,11-12H,2,7-8H2,1H3/t11-,12+/m1/s1. The average molecular weight is 317 g/mol. The van der Waals surface area contributed by atoms with Crippen LogP contribution in [0.15, 0.2) is 24.3 Å². The van der Waals surface area contributed by atoms with Gasteiger partial charge >= 0.3 is 11.9 Å². The summed E-state index contributed by atoms with van der Waals surface area (Å²) in [4.78, 5) is 53.1. The fraction of sp³-hybridized carbons (Fsp3) is 0.375. The fourth-order valence-electron chi connectivity index (χ4n) is 2.72. The van der Waals surface area contributed by atoms with E-state index in [2.05, 4.69) is 0 Å². The van der Waals surface area contributed by atoms with Crippen LogP contribution >= 0.6 is 0 Å². The molecule has 120 valence electrons. The van der Waals surface area contributed by atoms with Gasteiger partial charge in [-0.1, -0.05) is 17.2 Å². The maximum absolute atomic E-state index is 12.2. The van der Waals surface area contributed by atoms with E-state index < -0.39 is 35.6 Å². The third-order valence-electron chi connectivity index (χ3n) is 4.10. The van der Waals surface area contributed by atoms with Gasteiger partial charge in [0, 0.05) is 0 Å². The molecule has 0 unspecified atom stereocenters. The molecule has 1 heterocycles. The SMILES string of the molecule is CCOC(=O)[C@@H]1CC[C@@H]1C(=O)ON1C(=O)c2ccccc2C1=O. The van der Waals surface area contributed by atoms with Gasteiger partial charge < -0.3 is 9.57 Å². The number of imide groups is 1. The Morgan fingerprint density at radius 1 is 1.04 bits per heavy atom. The predicted octanol–water partition coefficient (Wildman–Crippen LogP) is 1.33. The van der Waals surface area contributed by atoms with Gasteiger partial charge in [0.05, 0.1) is 29.6 Å². The van der Waals surface area contributed by atoms with Crippen molar-refractivity contribution in [3.8, 4) is 0 Å². The molecule has 1 aromatic carbocycles. The van der Waals surface area contributed by atoms with E-state index in [9.17, 15) is 19.2 Å². The summed E-state index contributed by atoms with van der Waals surface area (Å²) in [6, 6.07) is 6.23. The molecule has 1 fully saturated rings. The molecule has 2 aliphatic rings. The Balaban J connectivity index is 1.69. The zero-order valence-electron chi connectivity index (χ0n) is 12.5. The van der Waals surface area contributed by atoms with Crippen LogP contribution < -0.4 is 0 Å². The molecule has 23 heavy (non-hydrogen) atoms. The van der Waals surface area contributed by atoms with E-state index in [-0.39, 0.29) is 17.7 Å². The number of rotatable bonds is 4. The Hall–Kier alpha value is -2.70. The Labute approximate surface area is 132 Å². The van der Waals surface area contributed by atoms with Crippen molar-refractivity contribution in [3.05, 3.63) is 35.4 Å². The number of carbonyl (C=O) groups excluding carboxylic acids is 4. The van der Waals surface area contributed by atoms with Gasteiger partial charge in [-0.25, -0.2) is 4.79 Å². The van der Waals surface area contributed by atoms with Gasteiger partial charge in [0.2, 0.25) is 0 Å². The first-order valence-electron chi connectivity index (χ1n) is 7.40. The van der Waals surface area contributed by atoms with Crippen LogP contribution in [0.1, 0.15) is 40.5 Å². The van der Waals surface area contributed by atoms with E-state index in [1.54, 1.807) is 19.1 Å². The molecular weight excluding hydrogens is 302 g/mol. The van der Waals surface area contributed by atoms with Crippen molar-refractivity contribution in [2.24, 2.45) is 11.8 Å². The third kappa shape index (κ3) is 2.48. The lowest BCUT2D eigenvalue weighted by Crippen LogP contribution is -2.43. The van der Waals surface area contributed by atoms with Crippen LogP contribution in [0.4, 0.5) is 0 Å². The van der Waals surface area contributed by atoms with E-state index in [0.717, 1.165) is 0 Å². The molecule has 1 aliphatic carbocycles. The number of ether oxygens (including phenoxy) is 1. The Morgan fingerprint density at radius 3 is 2.04 bits per heavy atom. The van der Waals surface area contributed by atoms with Gasteiger partial charge in [-0.3, -0.25) is 14.4 Å². The Morgan fingerprint density at radius 2 is 1.57 bits per heavy atom. The van der Waals surface area contributed by atoms with Crippen molar-refractivity contribution >= 4 is 23.8 Å². The predicted molar refractivity (Wildman–Crippen MR) is 75.9 cm³/mol. The van der Waals surface area contributed by atoms with Crippen LogP contribution in [0.25, 0.3) is 0 Å². The highest BCUT2D eigenvalue weighted by atomic mass is 16.7. The summed E-state index contributed by atoms with van der Waals surface area (Å²) in [5.41, 5.74) is 0.390. The lowest BCUT2D eigenvalue weighted by Gasteiger charge is -2.32. The van der Waals surface area contributed by atoms with Gasteiger partial charge in [0.15, 0.2) is 0 Å². The molecule has 3 rings (SSSR count). The third-order valence-corrected chi connectivity index (χ3v) is 4.10. The Bertz CT molecular complexity index is 663. The van der Waals surface area contributed by atoms with Gasteiger partial charge in [-0.05, 0) is 31.9 Å². The van der Waals surface area contributed by atoms with Gasteiger partial charge in [0.1, 0.15) is 0 Å².